The van der Waals surface area contributed by atoms with Crippen molar-refractivity contribution >= 4 is 11.6 Å². The molecule has 0 saturated carbocycles. The summed E-state index contributed by atoms with van der Waals surface area (Å²) in [7, 11) is 0. The van der Waals surface area contributed by atoms with Gasteiger partial charge in [-0.25, -0.2) is 15.8 Å². The van der Waals surface area contributed by atoms with Gasteiger partial charge in [0.05, 0.1) is 0 Å². The molecule has 0 bridgehead atoms. The molecule has 1 unspecified atom stereocenters. The minimum absolute atomic E-state index is 0.698. The normalized spacial score (nSPS) is 12.2. The van der Waals surface area contributed by atoms with Crippen LogP contribution in [0.3, 0.4) is 0 Å². The third kappa shape index (κ3) is 4.63. The molecule has 0 radical (unpaired) electrons. The summed E-state index contributed by atoms with van der Waals surface area (Å²) < 4.78 is 0. The molecule has 5 nitrogen and oxygen atoms in total. The van der Waals surface area contributed by atoms with Gasteiger partial charge in [-0.3, -0.25) is 0 Å². The van der Waals surface area contributed by atoms with E-state index in [9.17, 15) is 0 Å². The van der Waals surface area contributed by atoms with Crippen LogP contribution in [-0.4, -0.2) is 16.5 Å². The molecule has 1 rings (SSSR count). The summed E-state index contributed by atoms with van der Waals surface area (Å²) in [5, 5.41) is 3.48. The Morgan fingerprint density at radius 3 is 2.40 bits per heavy atom. The lowest BCUT2D eigenvalue weighted by Crippen LogP contribution is -2.18. The fourth-order valence-electron chi connectivity index (χ4n) is 2.22. The number of aromatic nitrogens is 2. The highest BCUT2D eigenvalue weighted by Gasteiger charge is 2.11. The zero-order chi connectivity index (χ0) is 15.0. The fraction of sp³-hybridized carbons (Fsp3) is 0.733. The Kier molecular flexibility index (Phi) is 7.30. The summed E-state index contributed by atoms with van der Waals surface area (Å²) in [6, 6.07) is 0. The average molecular weight is 279 g/mol. The van der Waals surface area contributed by atoms with E-state index in [2.05, 4.69) is 34.6 Å². The molecule has 0 aliphatic heterocycles. The summed E-state index contributed by atoms with van der Waals surface area (Å²) in [5.41, 5.74) is 3.64. The zero-order valence-corrected chi connectivity index (χ0v) is 13.3. The van der Waals surface area contributed by atoms with Gasteiger partial charge in [0.2, 0.25) is 0 Å². The Bertz CT molecular complexity index is 405. The highest BCUT2D eigenvalue weighted by atomic mass is 15.3. The molecule has 0 saturated heterocycles. The molecule has 1 heterocycles. The largest absolute Gasteiger partial charge is 0.369 e. The molecule has 1 aromatic rings. The van der Waals surface area contributed by atoms with Crippen LogP contribution < -0.4 is 16.6 Å². The van der Waals surface area contributed by atoms with Gasteiger partial charge >= 0.3 is 0 Å². The van der Waals surface area contributed by atoms with Gasteiger partial charge in [0.15, 0.2) is 0 Å². The Balaban J connectivity index is 2.75. The molecule has 0 fully saturated rings. The number of anilines is 2. The molecule has 5 heteroatoms. The number of aryl methyl sites for hydroxylation is 1. The Morgan fingerprint density at radius 2 is 1.85 bits per heavy atom. The number of hydrogen-bond acceptors (Lipinski definition) is 5. The fourth-order valence-corrected chi connectivity index (χ4v) is 2.22. The molecule has 0 spiro atoms. The van der Waals surface area contributed by atoms with Gasteiger partial charge in [0.1, 0.15) is 17.5 Å². The first-order valence-corrected chi connectivity index (χ1v) is 7.74. The quantitative estimate of drug-likeness (QED) is 0.478. The summed E-state index contributed by atoms with van der Waals surface area (Å²) in [4.78, 5) is 8.95. The molecule has 0 aliphatic carbocycles. The average Bonchev–Trinajstić information content (AvgIpc) is 2.48. The topological polar surface area (TPSA) is 75.9 Å². The number of hydrazine groups is 1. The van der Waals surface area contributed by atoms with Gasteiger partial charge in [-0.2, -0.15) is 0 Å². The van der Waals surface area contributed by atoms with E-state index in [1.165, 1.54) is 25.7 Å². The third-order valence-electron chi connectivity index (χ3n) is 3.75. The van der Waals surface area contributed by atoms with Crippen molar-refractivity contribution in [1.82, 2.24) is 9.97 Å². The zero-order valence-electron chi connectivity index (χ0n) is 13.3. The monoisotopic (exact) mass is 279 g/mol. The van der Waals surface area contributed by atoms with E-state index >= 15 is 0 Å². The van der Waals surface area contributed by atoms with Crippen LogP contribution in [0.15, 0.2) is 0 Å². The minimum atomic E-state index is 0.698. The summed E-state index contributed by atoms with van der Waals surface area (Å²) >= 11 is 0. The van der Waals surface area contributed by atoms with E-state index in [0.29, 0.717) is 11.7 Å². The maximum Gasteiger partial charge on any atom is 0.148 e. The van der Waals surface area contributed by atoms with Crippen LogP contribution in [0.5, 0.6) is 0 Å². The van der Waals surface area contributed by atoms with Crippen molar-refractivity contribution in [3.63, 3.8) is 0 Å². The van der Waals surface area contributed by atoms with Crippen molar-refractivity contribution in [3.05, 3.63) is 11.4 Å². The molecule has 0 aliphatic rings. The van der Waals surface area contributed by atoms with Crippen molar-refractivity contribution in [2.45, 2.75) is 59.8 Å². The van der Waals surface area contributed by atoms with E-state index in [-0.39, 0.29) is 0 Å². The summed E-state index contributed by atoms with van der Waals surface area (Å²) in [6.07, 6.45) is 5.81. The van der Waals surface area contributed by atoms with E-state index in [4.69, 9.17) is 5.84 Å². The van der Waals surface area contributed by atoms with Crippen LogP contribution in [0.2, 0.25) is 0 Å². The summed E-state index contributed by atoms with van der Waals surface area (Å²) in [5.74, 6) is 8.65. The lowest BCUT2D eigenvalue weighted by atomic mass is 9.99. The first-order chi connectivity index (χ1) is 9.65. The van der Waals surface area contributed by atoms with E-state index in [0.717, 1.165) is 30.2 Å². The highest BCUT2D eigenvalue weighted by Crippen LogP contribution is 2.21. The Morgan fingerprint density at radius 1 is 1.15 bits per heavy atom. The Labute approximate surface area is 122 Å². The van der Waals surface area contributed by atoms with Gasteiger partial charge in [0, 0.05) is 18.5 Å². The van der Waals surface area contributed by atoms with Gasteiger partial charge in [-0.1, -0.05) is 40.0 Å². The SMILES string of the molecule is CCCCC(CC)CNc1nc(CC)nc(NN)c1C. The van der Waals surface area contributed by atoms with Crippen molar-refractivity contribution < 1.29 is 0 Å². The molecular formula is C15H29N5. The molecule has 0 amide bonds. The van der Waals surface area contributed by atoms with Crippen LogP contribution in [0.25, 0.3) is 0 Å². The van der Waals surface area contributed by atoms with Crippen LogP contribution in [0.4, 0.5) is 11.6 Å². The number of hydrogen-bond donors (Lipinski definition) is 3. The predicted molar refractivity (Wildman–Crippen MR) is 85.8 cm³/mol. The number of nitrogens with one attached hydrogen (secondary N) is 2. The number of rotatable bonds is 9. The molecule has 1 aromatic heterocycles. The number of nitrogens with zero attached hydrogens (tertiary/aromatic N) is 2. The Hall–Kier alpha value is -1.36. The maximum atomic E-state index is 5.52. The first-order valence-electron chi connectivity index (χ1n) is 7.74. The van der Waals surface area contributed by atoms with Crippen molar-refractivity contribution in [1.29, 1.82) is 0 Å². The lowest BCUT2D eigenvalue weighted by Gasteiger charge is -2.18. The number of nitrogen functional groups attached to an aromatic ring is 1. The predicted octanol–water partition coefficient (Wildman–Crippen LogP) is 3.26. The van der Waals surface area contributed by atoms with Crippen LogP contribution in [-0.2, 0) is 6.42 Å². The second-order valence-electron chi connectivity index (χ2n) is 5.26. The molecule has 20 heavy (non-hydrogen) atoms. The molecular weight excluding hydrogens is 250 g/mol. The standard InChI is InChI=1S/C15H29N5/c1-5-8-9-12(6-2)10-17-14-11(4)15(20-16)19-13(7-3)18-14/h12H,5-10,16H2,1-4H3,(H2,17,18,19,20). The van der Waals surface area contributed by atoms with E-state index in [1.807, 2.05) is 13.8 Å². The smallest absolute Gasteiger partial charge is 0.148 e. The van der Waals surface area contributed by atoms with Crippen LogP contribution in [0, 0.1) is 12.8 Å². The number of nitrogens with two attached hydrogens (primary N) is 1. The lowest BCUT2D eigenvalue weighted by molar-refractivity contribution is 0.472. The van der Waals surface area contributed by atoms with Crippen molar-refractivity contribution in [2.75, 3.05) is 17.3 Å². The first kappa shape index (κ1) is 16.7. The molecule has 4 N–H and O–H groups in total. The highest BCUT2D eigenvalue weighted by molar-refractivity contribution is 5.56. The maximum absolute atomic E-state index is 5.52. The van der Waals surface area contributed by atoms with Gasteiger partial charge in [0.25, 0.3) is 0 Å². The van der Waals surface area contributed by atoms with E-state index < -0.39 is 0 Å². The van der Waals surface area contributed by atoms with Gasteiger partial charge in [-0.05, 0) is 19.3 Å². The molecule has 1 atom stereocenters. The minimum Gasteiger partial charge on any atom is -0.369 e. The van der Waals surface area contributed by atoms with Gasteiger partial charge < -0.3 is 10.7 Å². The van der Waals surface area contributed by atoms with E-state index in [1.54, 1.807) is 0 Å². The third-order valence-corrected chi connectivity index (χ3v) is 3.75. The second-order valence-corrected chi connectivity index (χ2v) is 5.26. The second kappa shape index (κ2) is 8.74. The number of unbranched alkanes of at least 4 members (excludes halogenated alkanes) is 1. The molecule has 114 valence electrons. The summed E-state index contributed by atoms with van der Waals surface area (Å²) in [6.45, 7) is 9.48. The van der Waals surface area contributed by atoms with Crippen LogP contribution in [0.1, 0.15) is 57.8 Å². The van der Waals surface area contributed by atoms with Crippen LogP contribution >= 0.6 is 0 Å². The molecule has 0 aromatic carbocycles. The van der Waals surface area contributed by atoms with Gasteiger partial charge in [-0.15, -0.1) is 0 Å². The van der Waals surface area contributed by atoms with Crippen molar-refractivity contribution in [2.24, 2.45) is 11.8 Å². The van der Waals surface area contributed by atoms with Crippen molar-refractivity contribution in [3.8, 4) is 0 Å².